The van der Waals surface area contributed by atoms with E-state index >= 15 is 0 Å². The molecule has 0 bridgehead atoms. The minimum Gasteiger partial charge on any atom is -0.356 e. The van der Waals surface area contributed by atoms with Crippen molar-refractivity contribution in [1.29, 1.82) is 0 Å². The number of aromatic nitrogens is 3. The Morgan fingerprint density at radius 1 is 1.22 bits per heavy atom. The van der Waals surface area contributed by atoms with E-state index in [2.05, 4.69) is 30.3 Å². The SMILES string of the molecule is CN=C(NCCc1nnc2ccccn12)N1CCC(CN2CCCC2)C1.I. The summed E-state index contributed by atoms with van der Waals surface area (Å²) in [6.45, 7) is 6.86. The van der Waals surface area contributed by atoms with E-state index in [1.54, 1.807) is 0 Å². The monoisotopic (exact) mass is 483 g/mol. The zero-order valence-electron chi connectivity index (χ0n) is 16.0. The van der Waals surface area contributed by atoms with Crippen LogP contribution in [0.3, 0.4) is 0 Å². The predicted octanol–water partition coefficient (Wildman–Crippen LogP) is 1.88. The first-order chi connectivity index (χ1) is 12.8. The Morgan fingerprint density at radius 3 is 2.89 bits per heavy atom. The molecule has 7 nitrogen and oxygen atoms in total. The van der Waals surface area contributed by atoms with Crippen LogP contribution in [0.15, 0.2) is 29.4 Å². The minimum absolute atomic E-state index is 0. The van der Waals surface area contributed by atoms with Crippen LogP contribution in [0.25, 0.3) is 5.65 Å². The molecule has 1 unspecified atom stereocenters. The summed E-state index contributed by atoms with van der Waals surface area (Å²) in [7, 11) is 1.88. The topological polar surface area (TPSA) is 61.1 Å². The highest BCUT2D eigenvalue weighted by molar-refractivity contribution is 14.0. The quantitative estimate of drug-likeness (QED) is 0.400. The van der Waals surface area contributed by atoms with Crippen molar-refractivity contribution in [2.75, 3.05) is 46.3 Å². The summed E-state index contributed by atoms with van der Waals surface area (Å²) in [5.41, 5.74) is 0.899. The molecular weight excluding hydrogens is 453 g/mol. The number of hydrogen-bond donors (Lipinski definition) is 1. The number of nitrogens with zero attached hydrogens (tertiary/aromatic N) is 6. The van der Waals surface area contributed by atoms with E-state index in [-0.39, 0.29) is 24.0 Å². The summed E-state index contributed by atoms with van der Waals surface area (Å²) in [6, 6.07) is 5.98. The lowest BCUT2D eigenvalue weighted by molar-refractivity contribution is 0.281. The minimum atomic E-state index is 0. The molecule has 2 aromatic heterocycles. The van der Waals surface area contributed by atoms with Crippen molar-refractivity contribution in [3.63, 3.8) is 0 Å². The van der Waals surface area contributed by atoms with Gasteiger partial charge in [0, 0.05) is 45.8 Å². The fourth-order valence-electron chi connectivity index (χ4n) is 4.18. The third-order valence-electron chi connectivity index (χ3n) is 5.53. The highest BCUT2D eigenvalue weighted by atomic mass is 127. The summed E-state index contributed by atoms with van der Waals surface area (Å²) in [5.74, 6) is 2.77. The number of likely N-dealkylation sites (tertiary alicyclic amines) is 2. The van der Waals surface area contributed by atoms with Crippen molar-refractivity contribution in [1.82, 2.24) is 29.7 Å². The van der Waals surface area contributed by atoms with Gasteiger partial charge >= 0.3 is 0 Å². The Labute approximate surface area is 178 Å². The Bertz CT molecular complexity index is 753. The third-order valence-corrected chi connectivity index (χ3v) is 5.53. The number of hydrogen-bond acceptors (Lipinski definition) is 4. The molecule has 2 saturated heterocycles. The van der Waals surface area contributed by atoms with Crippen LogP contribution in [0.5, 0.6) is 0 Å². The van der Waals surface area contributed by atoms with Gasteiger partial charge in [0.25, 0.3) is 0 Å². The maximum Gasteiger partial charge on any atom is 0.193 e. The van der Waals surface area contributed by atoms with Gasteiger partial charge in [-0.25, -0.2) is 0 Å². The molecule has 4 heterocycles. The first-order valence-corrected chi connectivity index (χ1v) is 9.80. The predicted molar refractivity (Wildman–Crippen MR) is 119 cm³/mol. The van der Waals surface area contributed by atoms with Crippen LogP contribution in [0.1, 0.15) is 25.1 Å². The molecular formula is C19H30IN7. The standard InChI is InChI=1S/C19H29N7.HI/c1-20-19(25-13-8-16(15-25)14-24-10-4-5-11-24)21-9-7-18-23-22-17-6-2-3-12-26(17)18;/h2-3,6,12,16H,4-5,7-11,13-15H2,1H3,(H,20,21);1H. The average Bonchev–Trinajstić information content (AvgIpc) is 3.41. The maximum absolute atomic E-state index is 4.49. The normalized spacial score (nSPS) is 21.0. The highest BCUT2D eigenvalue weighted by Crippen LogP contribution is 2.19. The second-order valence-corrected chi connectivity index (χ2v) is 7.38. The van der Waals surface area contributed by atoms with Crippen molar-refractivity contribution < 1.29 is 0 Å². The third kappa shape index (κ3) is 4.90. The van der Waals surface area contributed by atoms with Gasteiger partial charge in [0.15, 0.2) is 11.6 Å². The van der Waals surface area contributed by atoms with Crippen LogP contribution in [-0.4, -0.2) is 76.7 Å². The molecule has 8 heteroatoms. The number of fused-ring (bicyclic) bond motifs is 1. The Hall–Kier alpha value is -1.42. The molecule has 148 valence electrons. The summed E-state index contributed by atoms with van der Waals surface area (Å²) in [4.78, 5) is 9.52. The van der Waals surface area contributed by atoms with Crippen molar-refractivity contribution in [2.45, 2.75) is 25.7 Å². The van der Waals surface area contributed by atoms with Crippen LogP contribution < -0.4 is 5.32 Å². The van der Waals surface area contributed by atoms with Crippen LogP contribution in [-0.2, 0) is 6.42 Å². The van der Waals surface area contributed by atoms with E-state index in [9.17, 15) is 0 Å². The molecule has 27 heavy (non-hydrogen) atoms. The van der Waals surface area contributed by atoms with Crippen LogP contribution in [0, 0.1) is 5.92 Å². The largest absolute Gasteiger partial charge is 0.356 e. The van der Waals surface area contributed by atoms with Crippen molar-refractivity contribution in [3.05, 3.63) is 30.2 Å². The van der Waals surface area contributed by atoms with Gasteiger partial charge in [-0.3, -0.25) is 9.39 Å². The molecule has 0 radical (unpaired) electrons. The fraction of sp³-hybridized carbons (Fsp3) is 0.632. The number of halogens is 1. The van der Waals surface area contributed by atoms with Crippen LogP contribution >= 0.6 is 24.0 Å². The number of nitrogens with one attached hydrogen (secondary N) is 1. The Kier molecular flexibility index (Phi) is 7.28. The van der Waals surface area contributed by atoms with Gasteiger partial charge in [0.1, 0.15) is 5.82 Å². The van der Waals surface area contributed by atoms with E-state index in [0.29, 0.717) is 0 Å². The molecule has 1 atom stereocenters. The molecule has 2 aliphatic heterocycles. The lowest BCUT2D eigenvalue weighted by atomic mass is 10.1. The van der Waals surface area contributed by atoms with Crippen LogP contribution in [0.4, 0.5) is 0 Å². The Balaban J connectivity index is 0.00000210. The molecule has 0 saturated carbocycles. The lowest BCUT2D eigenvalue weighted by Crippen LogP contribution is -2.41. The Morgan fingerprint density at radius 2 is 2.07 bits per heavy atom. The lowest BCUT2D eigenvalue weighted by Gasteiger charge is -2.23. The summed E-state index contributed by atoms with van der Waals surface area (Å²) >= 11 is 0. The summed E-state index contributed by atoms with van der Waals surface area (Å²) in [5, 5.41) is 12.0. The zero-order chi connectivity index (χ0) is 17.8. The van der Waals surface area contributed by atoms with Gasteiger partial charge in [0.2, 0.25) is 0 Å². The van der Waals surface area contributed by atoms with Gasteiger partial charge in [-0.1, -0.05) is 6.07 Å². The van der Waals surface area contributed by atoms with E-state index < -0.39 is 0 Å². The van der Waals surface area contributed by atoms with E-state index in [0.717, 1.165) is 49.4 Å². The second kappa shape index (κ2) is 9.68. The molecule has 0 amide bonds. The number of aliphatic imine (C=N–C) groups is 1. The van der Waals surface area contributed by atoms with Crippen molar-refractivity contribution in [2.24, 2.45) is 10.9 Å². The van der Waals surface area contributed by atoms with Crippen molar-refractivity contribution >= 4 is 35.6 Å². The van der Waals surface area contributed by atoms with Gasteiger partial charge in [-0.15, -0.1) is 34.2 Å². The summed E-state index contributed by atoms with van der Waals surface area (Å²) in [6.07, 6.45) is 6.86. The second-order valence-electron chi connectivity index (χ2n) is 7.38. The molecule has 0 spiro atoms. The molecule has 1 N–H and O–H groups in total. The van der Waals surface area contributed by atoms with Crippen molar-refractivity contribution in [3.8, 4) is 0 Å². The molecule has 2 aromatic rings. The highest BCUT2D eigenvalue weighted by Gasteiger charge is 2.27. The van der Waals surface area contributed by atoms with E-state index in [4.69, 9.17) is 0 Å². The molecule has 4 rings (SSSR count). The molecule has 0 aromatic carbocycles. The zero-order valence-corrected chi connectivity index (χ0v) is 18.4. The van der Waals surface area contributed by atoms with Gasteiger partial charge in [-0.05, 0) is 50.4 Å². The maximum atomic E-state index is 4.49. The van der Waals surface area contributed by atoms with Crippen LogP contribution in [0.2, 0.25) is 0 Å². The first kappa shape index (κ1) is 20.3. The first-order valence-electron chi connectivity index (χ1n) is 9.80. The fourth-order valence-corrected chi connectivity index (χ4v) is 4.18. The number of rotatable bonds is 5. The molecule has 0 aliphatic carbocycles. The van der Waals surface area contributed by atoms with Gasteiger partial charge in [-0.2, -0.15) is 0 Å². The van der Waals surface area contributed by atoms with E-state index in [1.165, 1.54) is 38.9 Å². The number of guanidine groups is 1. The van der Waals surface area contributed by atoms with Gasteiger partial charge in [0.05, 0.1) is 0 Å². The average molecular weight is 483 g/mol. The number of pyridine rings is 1. The smallest absolute Gasteiger partial charge is 0.193 e. The van der Waals surface area contributed by atoms with Gasteiger partial charge < -0.3 is 15.1 Å². The molecule has 2 fully saturated rings. The summed E-state index contributed by atoms with van der Waals surface area (Å²) < 4.78 is 2.05. The van der Waals surface area contributed by atoms with E-state index in [1.807, 2.05) is 35.8 Å². The molecule has 2 aliphatic rings.